The molecule has 2 atom stereocenters. The highest BCUT2D eigenvalue weighted by molar-refractivity contribution is 5.65. The number of amides is 1. The average molecular weight is 346 g/mol. The molecule has 1 aliphatic rings. The first-order chi connectivity index (χ1) is 11.7. The van der Waals surface area contributed by atoms with Crippen LogP contribution in [-0.2, 0) is 0 Å². The van der Waals surface area contributed by atoms with E-state index in [-0.39, 0.29) is 28.9 Å². The number of piperidine rings is 1. The Kier molecular flexibility index (Phi) is 4.14. The van der Waals surface area contributed by atoms with Gasteiger partial charge >= 0.3 is 6.09 Å². The van der Waals surface area contributed by atoms with Gasteiger partial charge in [-0.3, -0.25) is 4.79 Å². The van der Waals surface area contributed by atoms with Crippen LogP contribution in [0.1, 0.15) is 45.2 Å². The number of fused-ring (bicyclic) bond motifs is 1. The van der Waals surface area contributed by atoms with Crippen LogP contribution < -0.4 is 5.56 Å². The Hall–Kier alpha value is -2.64. The van der Waals surface area contributed by atoms with Crippen LogP contribution in [0.4, 0.5) is 4.79 Å². The molecule has 0 radical (unpaired) electrons. The van der Waals surface area contributed by atoms with Crippen molar-refractivity contribution in [2.75, 3.05) is 6.54 Å². The van der Waals surface area contributed by atoms with E-state index < -0.39 is 11.7 Å². The zero-order valence-corrected chi connectivity index (χ0v) is 14.5. The summed E-state index contributed by atoms with van der Waals surface area (Å²) in [7, 11) is 0. The van der Waals surface area contributed by atoms with E-state index in [2.05, 4.69) is 10.1 Å². The second kappa shape index (κ2) is 6.02. The van der Waals surface area contributed by atoms with Crippen LogP contribution >= 0.6 is 0 Å². The number of aromatic nitrogens is 3. The van der Waals surface area contributed by atoms with Gasteiger partial charge in [-0.1, -0.05) is 20.8 Å². The smallest absolute Gasteiger partial charge is 0.407 e. The van der Waals surface area contributed by atoms with E-state index >= 15 is 0 Å². The summed E-state index contributed by atoms with van der Waals surface area (Å²) in [6, 6.07) is 4.34. The van der Waals surface area contributed by atoms with Crippen molar-refractivity contribution in [3.05, 3.63) is 34.2 Å². The Bertz CT molecular complexity index is 871. The van der Waals surface area contributed by atoms with Gasteiger partial charge in [0.1, 0.15) is 0 Å². The van der Waals surface area contributed by atoms with Gasteiger partial charge in [0, 0.05) is 18.5 Å². The van der Waals surface area contributed by atoms with Crippen molar-refractivity contribution in [2.45, 2.75) is 45.6 Å². The van der Waals surface area contributed by atoms with E-state index in [1.807, 2.05) is 20.8 Å². The summed E-state index contributed by atoms with van der Waals surface area (Å²) in [4.78, 5) is 28.9. The van der Waals surface area contributed by atoms with E-state index in [9.17, 15) is 19.8 Å². The molecule has 134 valence electrons. The number of hydrogen-bond donors (Lipinski definition) is 2. The van der Waals surface area contributed by atoms with Crippen molar-refractivity contribution >= 4 is 11.7 Å². The van der Waals surface area contributed by atoms with Gasteiger partial charge < -0.3 is 15.1 Å². The van der Waals surface area contributed by atoms with Crippen molar-refractivity contribution < 1.29 is 15.0 Å². The molecule has 0 aromatic carbocycles. The minimum absolute atomic E-state index is 0.0601. The minimum Gasteiger partial charge on any atom is -0.493 e. The van der Waals surface area contributed by atoms with Gasteiger partial charge in [0.15, 0.2) is 5.65 Å². The molecule has 3 rings (SSSR count). The Morgan fingerprint density at radius 3 is 2.68 bits per heavy atom. The molecule has 0 spiro atoms. The summed E-state index contributed by atoms with van der Waals surface area (Å²) in [5, 5.41) is 23.3. The third-order valence-corrected chi connectivity index (χ3v) is 4.79. The summed E-state index contributed by atoms with van der Waals surface area (Å²) in [6.45, 7) is 6.52. The molecule has 25 heavy (non-hydrogen) atoms. The Balaban J connectivity index is 1.96. The monoisotopic (exact) mass is 346 g/mol. The van der Waals surface area contributed by atoms with Crippen molar-refractivity contribution in [1.82, 2.24) is 19.5 Å². The third kappa shape index (κ3) is 3.29. The maximum atomic E-state index is 12.0. The number of carboxylic acid groups (broad SMARTS) is 1. The topological polar surface area (TPSA) is 108 Å². The van der Waals surface area contributed by atoms with Gasteiger partial charge in [-0.05, 0) is 30.4 Å². The van der Waals surface area contributed by atoms with E-state index in [1.165, 1.54) is 9.42 Å². The summed E-state index contributed by atoms with van der Waals surface area (Å²) in [5.74, 6) is -0.271. The van der Waals surface area contributed by atoms with Crippen molar-refractivity contribution in [2.24, 2.45) is 5.41 Å². The van der Waals surface area contributed by atoms with Crippen LogP contribution in [0.5, 0.6) is 5.88 Å². The molecule has 0 saturated carbocycles. The number of aromatic hydroxyl groups is 1. The minimum atomic E-state index is -0.902. The van der Waals surface area contributed by atoms with Crippen LogP contribution in [0.25, 0.3) is 5.65 Å². The average Bonchev–Trinajstić information content (AvgIpc) is 2.53. The zero-order chi connectivity index (χ0) is 18.4. The van der Waals surface area contributed by atoms with Crippen LogP contribution in [0.15, 0.2) is 23.0 Å². The second-order valence-electron chi connectivity index (χ2n) is 7.56. The molecule has 1 saturated heterocycles. The van der Waals surface area contributed by atoms with Gasteiger partial charge in [0.05, 0.1) is 11.8 Å². The van der Waals surface area contributed by atoms with Gasteiger partial charge in [-0.15, -0.1) is 0 Å². The van der Waals surface area contributed by atoms with Crippen LogP contribution in [0.3, 0.4) is 0 Å². The number of likely N-dealkylation sites (tertiary alicyclic amines) is 1. The molecule has 2 unspecified atom stereocenters. The SMILES string of the molecule is CC(C)(C)C1CC(c2ccc3nc(O)cc(=O)n3n2)CCN1C(=O)O. The molecule has 2 aromatic heterocycles. The van der Waals surface area contributed by atoms with E-state index in [1.54, 1.807) is 12.1 Å². The van der Waals surface area contributed by atoms with Gasteiger partial charge in [-0.25, -0.2) is 4.79 Å². The molecule has 8 heteroatoms. The fourth-order valence-corrected chi connectivity index (χ4v) is 3.50. The lowest BCUT2D eigenvalue weighted by atomic mass is 9.76. The number of rotatable bonds is 1. The summed E-state index contributed by atoms with van der Waals surface area (Å²) >= 11 is 0. The van der Waals surface area contributed by atoms with E-state index in [0.717, 1.165) is 11.8 Å². The fraction of sp³-hybridized carbons (Fsp3) is 0.529. The number of hydrogen-bond acceptors (Lipinski definition) is 5. The normalized spacial score (nSPS) is 21.5. The maximum absolute atomic E-state index is 12.0. The van der Waals surface area contributed by atoms with Gasteiger partial charge in [0.2, 0.25) is 5.88 Å². The Labute approximate surface area is 144 Å². The molecule has 1 fully saturated rings. The molecule has 1 amide bonds. The predicted octanol–water partition coefficient (Wildman–Crippen LogP) is 2.07. The Morgan fingerprint density at radius 2 is 2.04 bits per heavy atom. The maximum Gasteiger partial charge on any atom is 0.407 e. The summed E-state index contributed by atoms with van der Waals surface area (Å²) in [6.07, 6.45) is 0.396. The molecular weight excluding hydrogens is 324 g/mol. The molecule has 0 bridgehead atoms. The molecule has 0 aliphatic carbocycles. The first kappa shape index (κ1) is 17.2. The fourth-order valence-electron chi connectivity index (χ4n) is 3.50. The van der Waals surface area contributed by atoms with Gasteiger partial charge in [0.25, 0.3) is 5.56 Å². The van der Waals surface area contributed by atoms with Crippen LogP contribution in [0, 0.1) is 5.41 Å². The standard InChI is InChI=1S/C17H22N4O4/c1-17(2,3)12-8-10(6-7-20(12)16(24)25)11-4-5-13-18-14(22)9-15(23)21(13)19-11/h4-5,9-10,12,22H,6-8H2,1-3H3,(H,24,25). The lowest BCUT2D eigenvalue weighted by Gasteiger charge is -2.44. The second-order valence-corrected chi connectivity index (χ2v) is 7.56. The van der Waals surface area contributed by atoms with Crippen LogP contribution in [-0.4, -0.2) is 48.4 Å². The number of carbonyl (C=O) groups is 1. The highest BCUT2D eigenvalue weighted by Crippen LogP contribution is 2.38. The first-order valence-corrected chi connectivity index (χ1v) is 8.26. The van der Waals surface area contributed by atoms with Gasteiger partial charge in [-0.2, -0.15) is 14.6 Å². The van der Waals surface area contributed by atoms with Crippen molar-refractivity contribution in [1.29, 1.82) is 0 Å². The Morgan fingerprint density at radius 1 is 1.32 bits per heavy atom. The first-order valence-electron chi connectivity index (χ1n) is 8.26. The highest BCUT2D eigenvalue weighted by Gasteiger charge is 2.39. The lowest BCUT2D eigenvalue weighted by molar-refractivity contribution is 0.0519. The van der Waals surface area contributed by atoms with Crippen molar-refractivity contribution in [3.63, 3.8) is 0 Å². The van der Waals surface area contributed by atoms with Crippen LogP contribution in [0.2, 0.25) is 0 Å². The molecule has 2 N–H and O–H groups in total. The van der Waals surface area contributed by atoms with E-state index in [4.69, 9.17) is 0 Å². The molecule has 8 nitrogen and oxygen atoms in total. The quantitative estimate of drug-likeness (QED) is 0.818. The molecular formula is C17H22N4O4. The molecule has 1 aliphatic heterocycles. The third-order valence-electron chi connectivity index (χ3n) is 4.79. The number of nitrogens with zero attached hydrogens (tertiary/aromatic N) is 4. The summed E-state index contributed by atoms with van der Waals surface area (Å²) < 4.78 is 1.17. The zero-order valence-electron chi connectivity index (χ0n) is 14.5. The van der Waals surface area contributed by atoms with Crippen molar-refractivity contribution in [3.8, 4) is 5.88 Å². The molecule has 2 aromatic rings. The lowest BCUT2D eigenvalue weighted by Crippen LogP contribution is -2.51. The predicted molar refractivity (Wildman–Crippen MR) is 90.9 cm³/mol. The largest absolute Gasteiger partial charge is 0.493 e. The van der Waals surface area contributed by atoms with E-state index in [0.29, 0.717) is 19.4 Å². The molecule has 3 heterocycles. The summed E-state index contributed by atoms with van der Waals surface area (Å²) in [5.41, 5.74) is 0.378. The highest BCUT2D eigenvalue weighted by atomic mass is 16.4.